The highest BCUT2D eigenvalue weighted by Gasteiger charge is 2.23. The van der Waals surface area contributed by atoms with Gasteiger partial charge in [0.2, 0.25) is 10.0 Å². The number of hydrogen-bond donors (Lipinski definition) is 2. The van der Waals surface area contributed by atoms with Gasteiger partial charge in [-0.15, -0.1) is 0 Å². The van der Waals surface area contributed by atoms with Gasteiger partial charge in [-0.2, -0.15) is 0 Å². The van der Waals surface area contributed by atoms with Crippen LogP contribution in [0.4, 0.5) is 10.1 Å². The molecule has 0 spiro atoms. The molecule has 3 N–H and O–H groups in total. The largest absolute Gasteiger partial charge is 0.394 e. The van der Waals surface area contributed by atoms with E-state index in [0.29, 0.717) is 19.7 Å². The molecule has 8 heteroatoms. The second kappa shape index (κ2) is 5.41. The Morgan fingerprint density at radius 3 is 2.84 bits per heavy atom. The molecule has 0 saturated carbocycles. The second-order valence-electron chi connectivity index (χ2n) is 4.28. The van der Waals surface area contributed by atoms with Crippen LogP contribution in [-0.2, 0) is 14.8 Å². The lowest BCUT2D eigenvalue weighted by atomic mass is 10.2. The molecule has 1 aromatic carbocycles. The molecule has 1 aliphatic rings. The summed E-state index contributed by atoms with van der Waals surface area (Å²) in [6, 6.07) is 3.53. The summed E-state index contributed by atoms with van der Waals surface area (Å²) in [4.78, 5) is 1.44. The van der Waals surface area contributed by atoms with Gasteiger partial charge in [0.05, 0.1) is 29.9 Å². The van der Waals surface area contributed by atoms with E-state index >= 15 is 0 Å². The maximum absolute atomic E-state index is 13.9. The van der Waals surface area contributed by atoms with Gasteiger partial charge in [-0.25, -0.2) is 17.9 Å². The van der Waals surface area contributed by atoms with E-state index in [-0.39, 0.29) is 23.3 Å². The topological polar surface area (TPSA) is 92.9 Å². The first-order chi connectivity index (χ1) is 8.91. The number of hydrogen-bond acceptors (Lipinski definition) is 5. The molecule has 1 fully saturated rings. The number of halogens is 1. The van der Waals surface area contributed by atoms with Crippen LogP contribution in [0.2, 0.25) is 0 Å². The summed E-state index contributed by atoms with van der Waals surface area (Å²) in [6.45, 7) is 1.05. The van der Waals surface area contributed by atoms with Gasteiger partial charge < -0.3 is 14.7 Å². The van der Waals surface area contributed by atoms with E-state index in [2.05, 4.69) is 0 Å². The minimum atomic E-state index is -3.91. The number of nitrogens with zero attached hydrogens (tertiary/aromatic N) is 1. The molecule has 0 aromatic heterocycles. The highest BCUT2D eigenvalue weighted by atomic mass is 32.2. The highest BCUT2D eigenvalue weighted by molar-refractivity contribution is 7.89. The molecule has 0 amide bonds. The van der Waals surface area contributed by atoms with E-state index in [4.69, 9.17) is 15.0 Å². The number of rotatable bonds is 3. The number of primary sulfonamides is 1. The standard InChI is InChI=1S/C11H15FN2O4S/c12-10-5-9(19(13,16)17)1-2-11(10)14-3-4-18-8(6-14)7-15/h1-2,5,8,15H,3-4,6-7H2,(H2,13,16,17). The van der Waals surface area contributed by atoms with Crippen LogP contribution >= 0.6 is 0 Å². The van der Waals surface area contributed by atoms with Crippen LogP contribution in [0.3, 0.4) is 0 Å². The van der Waals surface area contributed by atoms with E-state index < -0.39 is 15.8 Å². The Morgan fingerprint density at radius 2 is 2.26 bits per heavy atom. The molecule has 6 nitrogen and oxygen atoms in total. The number of nitrogens with two attached hydrogens (primary N) is 1. The first-order valence-electron chi connectivity index (χ1n) is 5.71. The fraction of sp³-hybridized carbons (Fsp3) is 0.455. The zero-order chi connectivity index (χ0) is 14.0. The normalized spacial score (nSPS) is 20.6. The number of sulfonamides is 1. The fourth-order valence-corrected chi connectivity index (χ4v) is 2.50. The summed E-state index contributed by atoms with van der Waals surface area (Å²) in [5.74, 6) is -0.662. The smallest absolute Gasteiger partial charge is 0.238 e. The van der Waals surface area contributed by atoms with Crippen molar-refractivity contribution in [2.24, 2.45) is 5.14 Å². The van der Waals surface area contributed by atoms with Crippen molar-refractivity contribution in [3.05, 3.63) is 24.0 Å². The zero-order valence-corrected chi connectivity index (χ0v) is 10.9. The van der Waals surface area contributed by atoms with Crippen molar-refractivity contribution in [1.82, 2.24) is 0 Å². The summed E-state index contributed by atoms with van der Waals surface area (Å²) in [7, 11) is -3.91. The van der Waals surface area contributed by atoms with Crippen molar-refractivity contribution in [1.29, 1.82) is 0 Å². The van der Waals surface area contributed by atoms with Gasteiger partial charge in [-0.05, 0) is 18.2 Å². The summed E-state index contributed by atoms with van der Waals surface area (Å²) in [5.41, 5.74) is 0.272. The van der Waals surface area contributed by atoms with Crippen LogP contribution in [0, 0.1) is 5.82 Å². The molecular weight excluding hydrogens is 275 g/mol. The molecule has 1 aromatic rings. The van der Waals surface area contributed by atoms with Gasteiger partial charge in [0, 0.05) is 13.1 Å². The van der Waals surface area contributed by atoms with E-state index in [1.807, 2.05) is 0 Å². The van der Waals surface area contributed by atoms with E-state index in [1.54, 1.807) is 4.90 Å². The summed E-state index contributed by atoms with van der Waals surface area (Å²) in [5, 5.41) is 14.0. The molecule has 1 aliphatic heterocycles. The Balaban J connectivity index is 2.26. The van der Waals surface area contributed by atoms with Crippen molar-refractivity contribution < 1.29 is 22.7 Å². The first kappa shape index (κ1) is 14.2. The van der Waals surface area contributed by atoms with E-state index in [9.17, 15) is 12.8 Å². The van der Waals surface area contributed by atoms with Crippen molar-refractivity contribution in [2.45, 2.75) is 11.0 Å². The number of aliphatic hydroxyl groups excluding tert-OH is 1. The summed E-state index contributed by atoms with van der Waals surface area (Å²) in [6.07, 6.45) is -0.369. The van der Waals surface area contributed by atoms with Gasteiger partial charge in [0.25, 0.3) is 0 Å². The van der Waals surface area contributed by atoms with E-state index in [0.717, 1.165) is 6.07 Å². The minimum Gasteiger partial charge on any atom is -0.394 e. The van der Waals surface area contributed by atoms with Gasteiger partial charge in [-0.3, -0.25) is 0 Å². The van der Waals surface area contributed by atoms with Crippen LogP contribution in [-0.4, -0.2) is 45.9 Å². The maximum Gasteiger partial charge on any atom is 0.238 e. The third-order valence-electron chi connectivity index (χ3n) is 2.93. The molecule has 1 atom stereocenters. The third-order valence-corrected chi connectivity index (χ3v) is 3.84. The first-order valence-corrected chi connectivity index (χ1v) is 7.26. The summed E-state index contributed by atoms with van der Waals surface area (Å²) >= 11 is 0. The Morgan fingerprint density at radius 1 is 1.53 bits per heavy atom. The molecule has 1 heterocycles. The predicted octanol–water partition coefficient (Wildman–Crippen LogP) is -0.329. The van der Waals surface area contributed by atoms with Gasteiger partial charge in [0.15, 0.2) is 0 Å². The Labute approximate surface area is 110 Å². The maximum atomic E-state index is 13.9. The van der Waals surface area contributed by atoms with E-state index in [1.165, 1.54) is 12.1 Å². The second-order valence-corrected chi connectivity index (χ2v) is 5.84. The summed E-state index contributed by atoms with van der Waals surface area (Å²) < 4.78 is 41.4. The average molecular weight is 290 g/mol. The molecule has 19 heavy (non-hydrogen) atoms. The quantitative estimate of drug-likeness (QED) is 0.795. The minimum absolute atomic E-state index is 0.145. The lowest BCUT2D eigenvalue weighted by Gasteiger charge is -2.33. The van der Waals surface area contributed by atoms with Crippen LogP contribution in [0.25, 0.3) is 0 Å². The van der Waals surface area contributed by atoms with Crippen molar-refractivity contribution in [3.63, 3.8) is 0 Å². The number of ether oxygens (including phenoxy) is 1. The SMILES string of the molecule is NS(=O)(=O)c1ccc(N2CCOC(CO)C2)c(F)c1. The molecule has 106 valence electrons. The number of aliphatic hydroxyl groups is 1. The van der Waals surface area contributed by atoms with Crippen LogP contribution in [0.15, 0.2) is 23.1 Å². The Kier molecular flexibility index (Phi) is 4.04. The molecule has 0 bridgehead atoms. The highest BCUT2D eigenvalue weighted by Crippen LogP contribution is 2.24. The lowest BCUT2D eigenvalue weighted by molar-refractivity contribution is 0.00340. The average Bonchev–Trinajstić information content (AvgIpc) is 2.37. The van der Waals surface area contributed by atoms with Crippen molar-refractivity contribution in [3.8, 4) is 0 Å². The third kappa shape index (κ3) is 3.21. The van der Waals surface area contributed by atoms with Gasteiger partial charge >= 0.3 is 0 Å². The Hall–Kier alpha value is -1.22. The molecule has 1 saturated heterocycles. The fourth-order valence-electron chi connectivity index (χ4n) is 1.97. The van der Waals surface area contributed by atoms with Crippen LogP contribution in [0.5, 0.6) is 0 Å². The Bertz CT molecular complexity index is 564. The van der Waals surface area contributed by atoms with Crippen molar-refractivity contribution in [2.75, 3.05) is 31.2 Å². The number of anilines is 1. The zero-order valence-electron chi connectivity index (χ0n) is 10.1. The van der Waals surface area contributed by atoms with Crippen molar-refractivity contribution >= 4 is 15.7 Å². The lowest BCUT2D eigenvalue weighted by Crippen LogP contribution is -2.44. The van der Waals surface area contributed by atoms with Gasteiger partial charge in [0.1, 0.15) is 5.82 Å². The molecule has 1 unspecified atom stereocenters. The molecule has 0 radical (unpaired) electrons. The number of morpholine rings is 1. The van der Waals surface area contributed by atoms with Crippen LogP contribution < -0.4 is 10.0 Å². The van der Waals surface area contributed by atoms with Crippen LogP contribution in [0.1, 0.15) is 0 Å². The number of benzene rings is 1. The predicted molar refractivity (Wildman–Crippen MR) is 66.8 cm³/mol. The molecule has 0 aliphatic carbocycles. The molecular formula is C11H15FN2O4S. The monoisotopic (exact) mass is 290 g/mol. The molecule has 2 rings (SSSR count). The van der Waals surface area contributed by atoms with Gasteiger partial charge in [-0.1, -0.05) is 0 Å².